The monoisotopic (exact) mass is 174 g/mol. The first-order chi connectivity index (χ1) is 6.29. The molecule has 1 aliphatic heterocycles. The fourth-order valence-corrected chi connectivity index (χ4v) is 1.39. The first-order valence-electron chi connectivity index (χ1n) is 4.21. The molecule has 0 bridgehead atoms. The maximum absolute atomic E-state index is 11.0. The Kier molecular flexibility index (Phi) is 1.85. The molecule has 1 N–H and O–H groups in total. The van der Waals surface area contributed by atoms with E-state index in [9.17, 15) is 4.79 Å². The van der Waals surface area contributed by atoms with Crippen LogP contribution in [-0.2, 0) is 11.2 Å². The molecule has 3 heteroatoms. The minimum Gasteiger partial charge on any atom is -0.310 e. The minimum absolute atomic E-state index is 0.0475. The van der Waals surface area contributed by atoms with Gasteiger partial charge in [0.2, 0.25) is 5.91 Å². The number of rotatable bonds is 1. The summed E-state index contributed by atoms with van der Waals surface area (Å²) in [7, 11) is 0. The van der Waals surface area contributed by atoms with Crippen molar-refractivity contribution in [3.8, 4) is 0 Å². The Morgan fingerprint density at radius 1 is 1.54 bits per heavy atom. The molecular weight excluding hydrogens is 164 g/mol. The zero-order valence-corrected chi connectivity index (χ0v) is 7.21. The number of carbonyl (C=O) groups is 1. The Labute approximate surface area is 76.5 Å². The summed E-state index contributed by atoms with van der Waals surface area (Å²) in [5.41, 5.74) is 2.09. The molecular formula is C10H10N2O. The molecule has 13 heavy (non-hydrogen) atoms. The number of aromatic nitrogens is 1. The van der Waals surface area contributed by atoms with Crippen LogP contribution in [0.2, 0.25) is 0 Å². The lowest BCUT2D eigenvalue weighted by Gasteiger charge is -2.15. The highest BCUT2D eigenvalue weighted by atomic mass is 16.1. The van der Waals surface area contributed by atoms with Crippen molar-refractivity contribution in [2.75, 3.05) is 5.32 Å². The number of anilines is 1. The van der Waals surface area contributed by atoms with Crippen molar-refractivity contribution in [1.82, 2.24) is 4.98 Å². The van der Waals surface area contributed by atoms with Crippen molar-refractivity contribution in [2.24, 2.45) is 0 Å². The van der Waals surface area contributed by atoms with Crippen molar-refractivity contribution in [1.29, 1.82) is 0 Å². The maximum Gasteiger partial charge on any atom is 0.225 e. The summed E-state index contributed by atoms with van der Waals surface area (Å²) in [6.07, 6.45) is 4.78. The topological polar surface area (TPSA) is 42.0 Å². The molecule has 0 saturated heterocycles. The molecule has 0 aromatic carbocycles. The normalized spacial score (nSPS) is 14.6. The summed E-state index contributed by atoms with van der Waals surface area (Å²) in [4.78, 5) is 15.1. The Morgan fingerprint density at radius 3 is 3.15 bits per heavy atom. The molecule has 1 amide bonds. The average molecular weight is 174 g/mol. The molecule has 1 aromatic heterocycles. The van der Waals surface area contributed by atoms with Crippen molar-refractivity contribution < 1.29 is 4.79 Å². The van der Waals surface area contributed by atoms with E-state index in [1.807, 2.05) is 6.07 Å². The molecule has 0 saturated carbocycles. The maximum atomic E-state index is 11.0. The number of hydrogen-bond acceptors (Lipinski definition) is 2. The lowest BCUT2D eigenvalue weighted by atomic mass is 10.1. The Hall–Kier alpha value is -1.64. The third kappa shape index (κ3) is 1.45. The number of aryl methyl sites for hydroxylation is 1. The van der Waals surface area contributed by atoms with E-state index < -0.39 is 0 Å². The highest BCUT2D eigenvalue weighted by Crippen LogP contribution is 2.20. The smallest absolute Gasteiger partial charge is 0.225 e. The molecule has 1 aromatic rings. The van der Waals surface area contributed by atoms with Crippen LogP contribution in [0, 0.1) is 0 Å². The molecule has 0 atom stereocenters. The molecule has 1 aliphatic rings. The molecule has 0 spiro atoms. The second-order valence-corrected chi connectivity index (χ2v) is 3.03. The predicted octanol–water partition coefficient (Wildman–Crippen LogP) is 1.61. The van der Waals surface area contributed by atoms with Crippen molar-refractivity contribution in [3.05, 3.63) is 30.0 Å². The number of pyridine rings is 1. The van der Waals surface area contributed by atoms with Crippen LogP contribution in [0.5, 0.6) is 0 Å². The van der Waals surface area contributed by atoms with Gasteiger partial charge in [0.05, 0.1) is 0 Å². The number of nitrogens with zero attached hydrogens (tertiary/aromatic N) is 1. The summed E-state index contributed by atoms with van der Waals surface area (Å²) in [6, 6.07) is 2.01. The van der Waals surface area contributed by atoms with E-state index in [1.54, 1.807) is 12.3 Å². The first-order valence-corrected chi connectivity index (χ1v) is 4.21. The Bertz CT molecular complexity index is 371. The lowest BCUT2D eigenvalue weighted by Crippen LogP contribution is -2.20. The van der Waals surface area contributed by atoms with E-state index in [4.69, 9.17) is 0 Å². The van der Waals surface area contributed by atoms with Crippen LogP contribution < -0.4 is 5.32 Å². The molecule has 0 radical (unpaired) electrons. The van der Waals surface area contributed by atoms with Gasteiger partial charge in [0.15, 0.2) is 0 Å². The van der Waals surface area contributed by atoms with Crippen LogP contribution in [0.4, 0.5) is 5.82 Å². The summed E-state index contributed by atoms with van der Waals surface area (Å²) in [5, 5.41) is 2.73. The number of carbonyl (C=O) groups excluding carboxylic acids is 1. The summed E-state index contributed by atoms with van der Waals surface area (Å²) in [6.45, 7) is 3.67. The second-order valence-electron chi connectivity index (χ2n) is 3.03. The highest BCUT2D eigenvalue weighted by molar-refractivity contribution is 5.92. The number of hydrogen-bond donors (Lipinski definition) is 1. The van der Waals surface area contributed by atoms with Gasteiger partial charge in [-0.3, -0.25) is 4.79 Å². The fourth-order valence-electron chi connectivity index (χ4n) is 1.39. The van der Waals surface area contributed by atoms with Gasteiger partial charge in [0, 0.05) is 12.6 Å². The predicted molar refractivity (Wildman–Crippen MR) is 51.3 cm³/mol. The Balaban J connectivity index is 2.42. The van der Waals surface area contributed by atoms with E-state index in [2.05, 4.69) is 16.9 Å². The van der Waals surface area contributed by atoms with Crippen LogP contribution in [-0.4, -0.2) is 10.9 Å². The SMILES string of the molecule is C=Cc1cnc2c(c1)CCC(=O)N2. The standard InChI is InChI=1S/C10H10N2O/c1-2-7-5-8-3-4-9(13)12-10(8)11-6-7/h2,5-6H,1,3-4H2,(H,11,12,13). The van der Waals surface area contributed by atoms with Crippen LogP contribution >= 0.6 is 0 Å². The van der Waals surface area contributed by atoms with E-state index in [1.165, 1.54) is 0 Å². The zero-order valence-electron chi connectivity index (χ0n) is 7.21. The largest absolute Gasteiger partial charge is 0.310 e. The van der Waals surface area contributed by atoms with Crippen LogP contribution in [0.3, 0.4) is 0 Å². The summed E-state index contributed by atoms with van der Waals surface area (Å²) < 4.78 is 0. The van der Waals surface area contributed by atoms with Gasteiger partial charge in [0.1, 0.15) is 5.82 Å². The van der Waals surface area contributed by atoms with Gasteiger partial charge in [-0.2, -0.15) is 0 Å². The third-order valence-electron chi connectivity index (χ3n) is 2.10. The Morgan fingerprint density at radius 2 is 2.38 bits per heavy atom. The average Bonchev–Trinajstić information content (AvgIpc) is 2.17. The van der Waals surface area contributed by atoms with Gasteiger partial charge in [0.25, 0.3) is 0 Å². The van der Waals surface area contributed by atoms with Crippen LogP contribution in [0.15, 0.2) is 18.8 Å². The van der Waals surface area contributed by atoms with Gasteiger partial charge >= 0.3 is 0 Å². The van der Waals surface area contributed by atoms with Gasteiger partial charge in [-0.1, -0.05) is 12.7 Å². The third-order valence-corrected chi connectivity index (χ3v) is 2.10. The van der Waals surface area contributed by atoms with Gasteiger partial charge in [-0.25, -0.2) is 4.98 Å². The molecule has 2 rings (SSSR count). The summed E-state index contributed by atoms with van der Waals surface area (Å²) >= 11 is 0. The number of amides is 1. The molecule has 0 aliphatic carbocycles. The number of nitrogens with one attached hydrogen (secondary N) is 1. The summed E-state index contributed by atoms with van der Waals surface area (Å²) in [5.74, 6) is 0.744. The van der Waals surface area contributed by atoms with E-state index in [0.717, 1.165) is 17.5 Å². The van der Waals surface area contributed by atoms with Crippen molar-refractivity contribution >= 4 is 17.8 Å². The highest BCUT2D eigenvalue weighted by Gasteiger charge is 2.15. The fraction of sp³-hybridized carbons (Fsp3) is 0.200. The lowest BCUT2D eigenvalue weighted by molar-refractivity contribution is -0.116. The zero-order chi connectivity index (χ0) is 9.26. The van der Waals surface area contributed by atoms with Crippen LogP contribution in [0.1, 0.15) is 17.5 Å². The van der Waals surface area contributed by atoms with E-state index in [0.29, 0.717) is 12.2 Å². The quantitative estimate of drug-likeness (QED) is 0.702. The minimum atomic E-state index is 0.0475. The van der Waals surface area contributed by atoms with Gasteiger partial charge in [-0.15, -0.1) is 0 Å². The van der Waals surface area contributed by atoms with E-state index >= 15 is 0 Å². The number of fused-ring (bicyclic) bond motifs is 1. The first kappa shape index (κ1) is 7.98. The van der Waals surface area contributed by atoms with Crippen LogP contribution in [0.25, 0.3) is 6.08 Å². The van der Waals surface area contributed by atoms with Gasteiger partial charge < -0.3 is 5.32 Å². The van der Waals surface area contributed by atoms with E-state index in [-0.39, 0.29) is 5.91 Å². The molecule has 0 fully saturated rings. The molecule has 66 valence electrons. The van der Waals surface area contributed by atoms with Crippen molar-refractivity contribution in [2.45, 2.75) is 12.8 Å². The molecule has 3 nitrogen and oxygen atoms in total. The second kappa shape index (κ2) is 3.01. The van der Waals surface area contributed by atoms with Gasteiger partial charge in [-0.05, 0) is 23.6 Å². The molecule has 2 heterocycles. The molecule has 0 unspecified atom stereocenters. The van der Waals surface area contributed by atoms with Crippen molar-refractivity contribution in [3.63, 3.8) is 0 Å².